The summed E-state index contributed by atoms with van der Waals surface area (Å²) in [6.07, 6.45) is 5.24. The Balaban J connectivity index is 0.00000320. The number of rotatable bonds is 9. The maximum atomic E-state index is 12.0. The number of aliphatic carboxylic acids is 1. The Bertz CT molecular complexity index is 990. The van der Waals surface area contributed by atoms with Gasteiger partial charge in [0.25, 0.3) is 0 Å². The highest BCUT2D eigenvalue weighted by molar-refractivity contribution is 5.95. The van der Waals surface area contributed by atoms with Gasteiger partial charge in [0.2, 0.25) is 0 Å². The second-order valence-corrected chi connectivity index (χ2v) is 6.48. The van der Waals surface area contributed by atoms with E-state index in [4.69, 9.17) is 15.9 Å². The van der Waals surface area contributed by atoms with Gasteiger partial charge in [0.05, 0.1) is 12.9 Å². The van der Waals surface area contributed by atoms with E-state index in [1.54, 1.807) is 42.9 Å². The summed E-state index contributed by atoms with van der Waals surface area (Å²) in [6, 6.07) is 11.2. The van der Waals surface area contributed by atoms with Crippen LogP contribution >= 0.6 is 12.4 Å². The van der Waals surface area contributed by atoms with Crippen LogP contribution in [0.1, 0.15) is 29.7 Å². The van der Waals surface area contributed by atoms with Crippen molar-refractivity contribution in [1.82, 2.24) is 9.55 Å². The topological polar surface area (TPSA) is 126 Å². The van der Waals surface area contributed by atoms with E-state index in [-0.39, 0.29) is 18.2 Å². The molecular weight excluding hydrogens is 406 g/mol. The molecule has 8 nitrogen and oxygen atoms in total. The SMILES string of the molecule is CCOc1cc(Cn2ccnc2)cc(C(Nc2ccc(C(=N)N)cc2)C(=O)O)c1.Cl. The molecular formula is C21H24ClN5O3. The molecule has 1 atom stereocenters. The Morgan fingerprint density at radius 2 is 2.03 bits per heavy atom. The fourth-order valence-electron chi connectivity index (χ4n) is 2.99. The largest absolute Gasteiger partial charge is 0.494 e. The summed E-state index contributed by atoms with van der Waals surface area (Å²) in [7, 11) is 0. The third-order valence-electron chi connectivity index (χ3n) is 4.31. The van der Waals surface area contributed by atoms with Gasteiger partial charge in [-0.1, -0.05) is 6.07 Å². The molecule has 158 valence electrons. The highest BCUT2D eigenvalue weighted by atomic mass is 35.5. The number of hydrogen-bond donors (Lipinski definition) is 4. The zero-order valence-electron chi connectivity index (χ0n) is 16.4. The molecule has 30 heavy (non-hydrogen) atoms. The van der Waals surface area contributed by atoms with Gasteiger partial charge in [0, 0.05) is 30.2 Å². The number of amidine groups is 1. The van der Waals surface area contributed by atoms with Gasteiger partial charge in [-0.15, -0.1) is 12.4 Å². The monoisotopic (exact) mass is 429 g/mol. The number of benzene rings is 2. The highest BCUT2D eigenvalue weighted by Crippen LogP contribution is 2.26. The zero-order chi connectivity index (χ0) is 20.8. The van der Waals surface area contributed by atoms with E-state index in [1.807, 2.05) is 29.8 Å². The molecule has 0 amide bonds. The number of anilines is 1. The van der Waals surface area contributed by atoms with Gasteiger partial charge in [0.15, 0.2) is 6.04 Å². The van der Waals surface area contributed by atoms with Crippen molar-refractivity contribution in [2.75, 3.05) is 11.9 Å². The Morgan fingerprint density at radius 1 is 1.30 bits per heavy atom. The number of carboxylic acids is 1. The third kappa shape index (κ3) is 5.74. The van der Waals surface area contributed by atoms with E-state index >= 15 is 0 Å². The van der Waals surface area contributed by atoms with Crippen molar-refractivity contribution < 1.29 is 14.6 Å². The fourth-order valence-corrected chi connectivity index (χ4v) is 2.99. The normalized spacial score (nSPS) is 11.2. The van der Waals surface area contributed by atoms with Crippen LogP contribution in [0, 0.1) is 5.41 Å². The summed E-state index contributed by atoms with van der Waals surface area (Å²) < 4.78 is 7.55. The van der Waals surface area contributed by atoms with Gasteiger partial charge in [-0.25, -0.2) is 9.78 Å². The number of nitrogen functional groups attached to an aromatic ring is 1. The highest BCUT2D eigenvalue weighted by Gasteiger charge is 2.21. The number of carboxylic acid groups (broad SMARTS) is 1. The average Bonchev–Trinajstić information content (AvgIpc) is 3.19. The lowest BCUT2D eigenvalue weighted by Crippen LogP contribution is -2.21. The maximum Gasteiger partial charge on any atom is 0.330 e. The van der Waals surface area contributed by atoms with Crippen LogP contribution in [0.25, 0.3) is 0 Å². The van der Waals surface area contributed by atoms with E-state index in [0.717, 1.165) is 5.56 Å². The molecule has 2 aromatic carbocycles. The molecule has 3 rings (SSSR count). The molecule has 0 saturated carbocycles. The van der Waals surface area contributed by atoms with Crippen LogP contribution in [0.3, 0.4) is 0 Å². The number of imidazole rings is 1. The Kier molecular flexibility index (Phi) is 7.83. The molecule has 0 radical (unpaired) electrons. The van der Waals surface area contributed by atoms with Gasteiger partial charge < -0.3 is 25.5 Å². The molecule has 0 aliphatic rings. The van der Waals surface area contributed by atoms with Crippen molar-refractivity contribution in [2.24, 2.45) is 5.73 Å². The minimum atomic E-state index is -1.01. The number of carbonyl (C=O) groups is 1. The quantitative estimate of drug-likeness (QED) is 0.305. The molecule has 0 fully saturated rings. The van der Waals surface area contributed by atoms with Gasteiger partial charge in [-0.05, 0) is 54.4 Å². The molecule has 0 bridgehead atoms. The molecule has 0 aliphatic carbocycles. The number of nitrogens with one attached hydrogen (secondary N) is 2. The number of halogens is 1. The predicted octanol–water partition coefficient (Wildman–Crippen LogP) is 3.27. The van der Waals surface area contributed by atoms with Crippen LogP contribution in [0.2, 0.25) is 0 Å². The lowest BCUT2D eigenvalue weighted by Gasteiger charge is -2.19. The summed E-state index contributed by atoms with van der Waals surface area (Å²) in [6.45, 7) is 2.91. The molecule has 1 heterocycles. The Labute approximate surface area is 180 Å². The number of nitrogens with zero attached hydrogens (tertiary/aromatic N) is 2. The molecule has 0 saturated heterocycles. The Hall–Kier alpha value is -3.52. The lowest BCUT2D eigenvalue weighted by atomic mass is 10.0. The molecule has 0 spiro atoms. The van der Waals surface area contributed by atoms with Gasteiger partial charge >= 0.3 is 5.97 Å². The van der Waals surface area contributed by atoms with Crippen molar-refractivity contribution in [3.63, 3.8) is 0 Å². The standard InChI is InChI=1S/C21H23N5O3.ClH/c1-2-29-18-10-14(12-26-8-7-24-13-26)9-16(11-18)19(21(27)28)25-17-5-3-15(4-6-17)20(22)23;/h3-11,13,19,25H,2,12H2,1H3,(H3,22,23)(H,27,28);1H. The predicted molar refractivity (Wildman–Crippen MR) is 118 cm³/mol. The molecule has 1 unspecified atom stereocenters. The molecule has 3 aromatic rings. The van der Waals surface area contributed by atoms with Crippen LogP contribution in [0.5, 0.6) is 5.75 Å². The second kappa shape index (κ2) is 10.3. The summed E-state index contributed by atoms with van der Waals surface area (Å²) in [4.78, 5) is 16.0. The number of aromatic nitrogens is 2. The fraction of sp³-hybridized carbons (Fsp3) is 0.190. The molecule has 1 aromatic heterocycles. The van der Waals surface area contributed by atoms with Crippen LogP contribution in [-0.2, 0) is 11.3 Å². The minimum Gasteiger partial charge on any atom is -0.494 e. The summed E-state index contributed by atoms with van der Waals surface area (Å²) in [5, 5.41) is 20.3. The smallest absolute Gasteiger partial charge is 0.330 e. The first-order valence-electron chi connectivity index (χ1n) is 9.12. The van der Waals surface area contributed by atoms with E-state index in [0.29, 0.717) is 35.7 Å². The summed E-state index contributed by atoms with van der Waals surface area (Å²) in [5.74, 6) is -0.442. The van der Waals surface area contributed by atoms with Crippen LogP contribution in [-0.4, -0.2) is 33.1 Å². The summed E-state index contributed by atoms with van der Waals surface area (Å²) >= 11 is 0. The van der Waals surface area contributed by atoms with Crippen molar-refractivity contribution in [3.05, 3.63) is 77.9 Å². The first-order chi connectivity index (χ1) is 14.0. The number of nitrogens with two attached hydrogens (primary N) is 1. The third-order valence-corrected chi connectivity index (χ3v) is 4.31. The van der Waals surface area contributed by atoms with Gasteiger partial charge in [0.1, 0.15) is 11.6 Å². The van der Waals surface area contributed by atoms with Crippen molar-refractivity contribution >= 4 is 29.9 Å². The van der Waals surface area contributed by atoms with E-state index in [9.17, 15) is 9.90 Å². The van der Waals surface area contributed by atoms with E-state index in [2.05, 4.69) is 10.3 Å². The summed E-state index contributed by atoms with van der Waals surface area (Å²) in [5.41, 5.74) is 8.14. The lowest BCUT2D eigenvalue weighted by molar-refractivity contribution is -0.138. The van der Waals surface area contributed by atoms with Crippen molar-refractivity contribution in [1.29, 1.82) is 5.41 Å². The van der Waals surface area contributed by atoms with Crippen LogP contribution < -0.4 is 15.8 Å². The number of ether oxygens (including phenoxy) is 1. The van der Waals surface area contributed by atoms with Crippen LogP contribution in [0.4, 0.5) is 5.69 Å². The number of hydrogen-bond acceptors (Lipinski definition) is 5. The van der Waals surface area contributed by atoms with Gasteiger partial charge in [-0.3, -0.25) is 5.41 Å². The molecule has 0 aliphatic heterocycles. The zero-order valence-corrected chi connectivity index (χ0v) is 17.2. The first kappa shape index (κ1) is 22.8. The van der Waals surface area contributed by atoms with Gasteiger partial charge in [-0.2, -0.15) is 0 Å². The van der Waals surface area contributed by atoms with E-state index < -0.39 is 12.0 Å². The molecule has 5 N–H and O–H groups in total. The first-order valence-corrected chi connectivity index (χ1v) is 9.12. The van der Waals surface area contributed by atoms with E-state index in [1.165, 1.54) is 0 Å². The minimum absolute atomic E-state index is 0. The molecule has 9 heteroatoms. The van der Waals surface area contributed by atoms with Crippen LogP contribution in [0.15, 0.2) is 61.2 Å². The Morgan fingerprint density at radius 3 is 2.60 bits per heavy atom. The second-order valence-electron chi connectivity index (χ2n) is 6.48. The maximum absolute atomic E-state index is 12.0. The van der Waals surface area contributed by atoms with Crippen molar-refractivity contribution in [3.8, 4) is 5.75 Å². The van der Waals surface area contributed by atoms with Crippen molar-refractivity contribution in [2.45, 2.75) is 19.5 Å². The average molecular weight is 430 g/mol.